The van der Waals surface area contributed by atoms with E-state index in [1.807, 2.05) is 47.1 Å². The molecule has 7 heteroatoms. The van der Waals surface area contributed by atoms with Gasteiger partial charge in [0, 0.05) is 30.9 Å². The van der Waals surface area contributed by atoms with Crippen molar-refractivity contribution in [2.24, 2.45) is 0 Å². The van der Waals surface area contributed by atoms with Gasteiger partial charge in [0.05, 0.1) is 19.0 Å². The zero-order valence-electron chi connectivity index (χ0n) is 15.7. The summed E-state index contributed by atoms with van der Waals surface area (Å²) in [5.41, 5.74) is 3.53. The fourth-order valence-corrected chi connectivity index (χ4v) is 3.23. The molecule has 144 valence electrons. The van der Waals surface area contributed by atoms with Gasteiger partial charge in [-0.3, -0.25) is 0 Å². The highest BCUT2D eigenvalue weighted by molar-refractivity contribution is 5.87. The molecular formula is C21H22N4O3. The van der Waals surface area contributed by atoms with Gasteiger partial charge in [-0.2, -0.15) is 0 Å². The number of carbonyl (C=O) groups is 1. The minimum absolute atomic E-state index is 0.373. The number of imidazole rings is 1. The highest BCUT2D eigenvalue weighted by Gasteiger charge is 2.15. The van der Waals surface area contributed by atoms with E-state index in [0.717, 1.165) is 54.3 Å². The number of anilines is 1. The number of hydrogen-bond acceptors (Lipinski definition) is 6. The first-order valence-corrected chi connectivity index (χ1v) is 9.28. The number of fused-ring (bicyclic) bond motifs is 1. The fourth-order valence-electron chi connectivity index (χ4n) is 3.23. The molecule has 28 heavy (non-hydrogen) atoms. The normalized spacial score (nSPS) is 15.2. The summed E-state index contributed by atoms with van der Waals surface area (Å²) in [5.74, 6) is 0.436. The number of nitrogens with zero attached hydrogens (tertiary/aromatic N) is 3. The van der Waals surface area contributed by atoms with Crippen LogP contribution in [0.4, 0.5) is 5.82 Å². The van der Waals surface area contributed by atoms with Crippen LogP contribution in [0.5, 0.6) is 0 Å². The van der Waals surface area contributed by atoms with E-state index in [0.29, 0.717) is 6.04 Å². The number of hydrogen-bond donors (Lipinski definition) is 1. The Kier molecular flexibility index (Phi) is 5.34. The summed E-state index contributed by atoms with van der Waals surface area (Å²) in [6.45, 7) is 1.56. The molecule has 0 radical (unpaired) electrons. The topological polar surface area (TPSA) is 77.8 Å². The Hall–Kier alpha value is -3.19. The third-order valence-electron chi connectivity index (χ3n) is 4.73. The van der Waals surface area contributed by atoms with Gasteiger partial charge in [-0.15, -0.1) is 5.10 Å². The van der Waals surface area contributed by atoms with Crippen molar-refractivity contribution in [2.75, 3.05) is 25.6 Å². The first-order chi connectivity index (χ1) is 13.7. The summed E-state index contributed by atoms with van der Waals surface area (Å²) in [5, 5.41) is 8.22. The Balaban J connectivity index is 1.62. The average Bonchev–Trinajstić information content (AvgIpc) is 3.16. The number of benzene rings is 1. The Morgan fingerprint density at radius 2 is 2.14 bits per heavy atom. The van der Waals surface area contributed by atoms with Crippen molar-refractivity contribution in [1.29, 1.82) is 0 Å². The second kappa shape index (κ2) is 8.22. The van der Waals surface area contributed by atoms with Crippen LogP contribution in [0.3, 0.4) is 0 Å². The number of aromatic nitrogens is 3. The fraction of sp³-hybridized carbons (Fsp3) is 0.286. The molecule has 1 aromatic carbocycles. The maximum Gasteiger partial charge on any atom is 0.330 e. The molecule has 0 unspecified atom stereocenters. The van der Waals surface area contributed by atoms with Gasteiger partial charge in [0.25, 0.3) is 0 Å². The zero-order chi connectivity index (χ0) is 19.3. The van der Waals surface area contributed by atoms with Gasteiger partial charge in [0.1, 0.15) is 5.82 Å². The zero-order valence-corrected chi connectivity index (χ0v) is 15.7. The van der Waals surface area contributed by atoms with Gasteiger partial charge >= 0.3 is 5.97 Å². The Morgan fingerprint density at radius 1 is 1.29 bits per heavy atom. The smallest absolute Gasteiger partial charge is 0.330 e. The van der Waals surface area contributed by atoms with E-state index in [1.165, 1.54) is 13.2 Å². The van der Waals surface area contributed by atoms with Crippen molar-refractivity contribution in [3.05, 3.63) is 54.2 Å². The number of ether oxygens (including phenoxy) is 2. The van der Waals surface area contributed by atoms with E-state index in [4.69, 9.17) is 9.84 Å². The van der Waals surface area contributed by atoms with Crippen LogP contribution in [0.1, 0.15) is 18.4 Å². The molecule has 0 amide bonds. The molecule has 0 spiro atoms. The molecule has 0 atom stereocenters. The SMILES string of the molecule is COC(=O)C=Cc1cccc(-c2cnc3ccc(NC4CCOCC4)nn23)c1. The average molecular weight is 378 g/mol. The molecule has 2 aromatic heterocycles. The first kappa shape index (κ1) is 18.2. The molecule has 7 nitrogen and oxygen atoms in total. The summed E-state index contributed by atoms with van der Waals surface area (Å²) in [6.07, 6.45) is 6.89. The Morgan fingerprint density at radius 3 is 2.96 bits per heavy atom. The molecule has 3 aromatic rings. The summed E-state index contributed by atoms with van der Waals surface area (Å²) < 4.78 is 11.9. The molecule has 1 N–H and O–H groups in total. The van der Waals surface area contributed by atoms with Crippen molar-refractivity contribution in [3.8, 4) is 11.3 Å². The first-order valence-electron chi connectivity index (χ1n) is 9.28. The largest absolute Gasteiger partial charge is 0.466 e. The number of nitrogens with one attached hydrogen (secondary N) is 1. The molecule has 0 bridgehead atoms. The van der Waals surface area contributed by atoms with Crippen LogP contribution in [0.2, 0.25) is 0 Å². The molecule has 0 saturated carbocycles. The minimum atomic E-state index is -0.384. The van der Waals surface area contributed by atoms with E-state index in [9.17, 15) is 4.79 Å². The van der Waals surface area contributed by atoms with E-state index in [-0.39, 0.29) is 5.97 Å². The third-order valence-corrected chi connectivity index (χ3v) is 4.73. The number of methoxy groups -OCH3 is 1. The summed E-state index contributed by atoms with van der Waals surface area (Å²) in [7, 11) is 1.36. The van der Waals surface area contributed by atoms with Gasteiger partial charge in [0.2, 0.25) is 0 Å². The standard InChI is InChI=1S/C21H22N4O3/c1-27-21(26)8-5-15-3-2-4-16(13-15)18-14-22-20-7-6-19(24-25(18)20)23-17-9-11-28-12-10-17/h2-8,13-14,17H,9-12H2,1H3,(H,23,24). The van der Waals surface area contributed by atoms with Crippen LogP contribution >= 0.6 is 0 Å². The second-order valence-corrected chi connectivity index (χ2v) is 6.64. The predicted octanol–water partition coefficient (Wildman–Crippen LogP) is 3.17. The lowest BCUT2D eigenvalue weighted by molar-refractivity contribution is -0.134. The minimum Gasteiger partial charge on any atom is -0.466 e. The highest BCUT2D eigenvalue weighted by atomic mass is 16.5. The maximum absolute atomic E-state index is 11.3. The monoisotopic (exact) mass is 378 g/mol. The molecule has 1 saturated heterocycles. The Labute approximate surface area is 163 Å². The van der Waals surface area contributed by atoms with E-state index in [2.05, 4.69) is 15.0 Å². The van der Waals surface area contributed by atoms with Crippen LogP contribution < -0.4 is 5.32 Å². The van der Waals surface area contributed by atoms with E-state index in [1.54, 1.807) is 6.08 Å². The van der Waals surface area contributed by atoms with Crippen molar-refractivity contribution in [1.82, 2.24) is 14.6 Å². The molecular weight excluding hydrogens is 356 g/mol. The van der Waals surface area contributed by atoms with Crippen molar-refractivity contribution in [2.45, 2.75) is 18.9 Å². The molecule has 0 aliphatic carbocycles. The summed E-state index contributed by atoms with van der Waals surface area (Å²) in [6, 6.07) is 12.1. The van der Waals surface area contributed by atoms with E-state index < -0.39 is 0 Å². The van der Waals surface area contributed by atoms with Crippen LogP contribution in [-0.4, -0.2) is 46.9 Å². The van der Waals surface area contributed by atoms with Crippen molar-refractivity contribution < 1.29 is 14.3 Å². The number of esters is 1. The Bertz CT molecular complexity index is 1010. The van der Waals surface area contributed by atoms with Gasteiger partial charge in [0.15, 0.2) is 5.65 Å². The van der Waals surface area contributed by atoms with Crippen LogP contribution in [-0.2, 0) is 14.3 Å². The molecule has 1 aliphatic heterocycles. The van der Waals surface area contributed by atoms with Crippen molar-refractivity contribution >= 4 is 23.5 Å². The molecule has 4 rings (SSSR count). The van der Waals surface area contributed by atoms with Crippen LogP contribution in [0.25, 0.3) is 23.0 Å². The predicted molar refractivity (Wildman–Crippen MR) is 107 cm³/mol. The van der Waals surface area contributed by atoms with Crippen molar-refractivity contribution in [3.63, 3.8) is 0 Å². The number of carbonyl (C=O) groups excluding carboxylic acids is 1. The number of rotatable bonds is 5. The van der Waals surface area contributed by atoms with Crippen LogP contribution in [0.15, 0.2) is 48.7 Å². The van der Waals surface area contributed by atoms with Gasteiger partial charge in [-0.05, 0) is 42.7 Å². The molecule has 3 heterocycles. The van der Waals surface area contributed by atoms with Gasteiger partial charge in [-0.25, -0.2) is 14.3 Å². The van der Waals surface area contributed by atoms with Gasteiger partial charge < -0.3 is 14.8 Å². The summed E-state index contributed by atoms with van der Waals surface area (Å²) in [4.78, 5) is 15.8. The lowest BCUT2D eigenvalue weighted by Crippen LogP contribution is -2.28. The molecule has 1 fully saturated rings. The third kappa shape index (κ3) is 4.04. The molecule has 1 aliphatic rings. The van der Waals surface area contributed by atoms with E-state index >= 15 is 0 Å². The quantitative estimate of drug-likeness (QED) is 0.543. The van der Waals surface area contributed by atoms with Gasteiger partial charge in [-0.1, -0.05) is 18.2 Å². The van der Waals surface area contributed by atoms with Crippen LogP contribution in [0, 0.1) is 0 Å². The maximum atomic E-state index is 11.3. The lowest BCUT2D eigenvalue weighted by Gasteiger charge is -2.23. The highest BCUT2D eigenvalue weighted by Crippen LogP contribution is 2.23. The lowest BCUT2D eigenvalue weighted by atomic mass is 10.1. The summed E-state index contributed by atoms with van der Waals surface area (Å²) >= 11 is 0. The second-order valence-electron chi connectivity index (χ2n) is 6.64.